The molecule has 3 rings (SSSR count). The first-order chi connectivity index (χ1) is 11.1. The van der Waals surface area contributed by atoms with E-state index in [9.17, 15) is 0 Å². The van der Waals surface area contributed by atoms with Gasteiger partial charge in [0.15, 0.2) is 0 Å². The molecule has 0 unspecified atom stereocenters. The number of rotatable bonds is 4. The van der Waals surface area contributed by atoms with Crippen molar-refractivity contribution in [2.45, 2.75) is 0 Å². The molecule has 0 amide bonds. The summed E-state index contributed by atoms with van der Waals surface area (Å²) in [4.78, 5) is 0. The van der Waals surface area contributed by atoms with Crippen molar-refractivity contribution in [1.82, 2.24) is 0 Å². The lowest BCUT2D eigenvalue weighted by molar-refractivity contribution is 0.575. The van der Waals surface area contributed by atoms with Gasteiger partial charge >= 0.3 is 0 Å². The number of nitrogens with zero attached hydrogens (tertiary/aromatic N) is 1. The van der Waals surface area contributed by atoms with Crippen LogP contribution in [0.2, 0.25) is 10.0 Å². The van der Waals surface area contributed by atoms with E-state index in [1.165, 1.54) is 3.57 Å². The molecule has 6 heteroatoms. The first-order valence-electron chi connectivity index (χ1n) is 6.72. The summed E-state index contributed by atoms with van der Waals surface area (Å²) in [7, 11) is 0. The summed E-state index contributed by atoms with van der Waals surface area (Å²) in [6.45, 7) is 0. The number of hydrogen-bond donors (Lipinski definition) is 1. The van der Waals surface area contributed by atoms with E-state index in [1.54, 1.807) is 24.4 Å². The van der Waals surface area contributed by atoms with E-state index in [-0.39, 0.29) is 0 Å². The van der Waals surface area contributed by atoms with Gasteiger partial charge in [-0.2, -0.15) is 5.10 Å². The van der Waals surface area contributed by atoms with Gasteiger partial charge in [-0.15, -0.1) is 0 Å². The van der Waals surface area contributed by atoms with Gasteiger partial charge in [-0.3, -0.25) is 5.43 Å². The molecule has 0 saturated carbocycles. The van der Waals surface area contributed by atoms with Crippen molar-refractivity contribution in [2.75, 3.05) is 5.43 Å². The number of furan rings is 1. The van der Waals surface area contributed by atoms with Crippen molar-refractivity contribution in [3.05, 3.63) is 74.0 Å². The minimum Gasteiger partial charge on any atom is -0.455 e. The van der Waals surface area contributed by atoms with Crippen LogP contribution in [0.15, 0.2) is 64.1 Å². The topological polar surface area (TPSA) is 37.5 Å². The molecule has 23 heavy (non-hydrogen) atoms. The second-order valence-electron chi connectivity index (χ2n) is 4.71. The van der Waals surface area contributed by atoms with Crippen LogP contribution in [-0.2, 0) is 0 Å². The van der Waals surface area contributed by atoms with Crippen LogP contribution in [0.25, 0.3) is 11.3 Å². The SMILES string of the molecule is Clc1ccc(NN=Cc2ccc(-c3ccc(I)cc3)o2)cc1Cl. The molecule has 0 aliphatic heterocycles. The fraction of sp³-hybridized carbons (Fsp3) is 0. The molecule has 0 radical (unpaired) electrons. The van der Waals surface area contributed by atoms with Crippen LogP contribution in [-0.4, -0.2) is 6.21 Å². The Labute approximate surface area is 157 Å². The molecule has 3 aromatic rings. The lowest BCUT2D eigenvalue weighted by Gasteiger charge is -2.01. The highest BCUT2D eigenvalue weighted by Gasteiger charge is 2.03. The summed E-state index contributed by atoms with van der Waals surface area (Å²) in [6, 6.07) is 17.1. The average Bonchev–Trinajstić information content (AvgIpc) is 3.00. The molecule has 0 fully saturated rings. The van der Waals surface area contributed by atoms with E-state index < -0.39 is 0 Å². The fourth-order valence-corrected chi connectivity index (χ4v) is 2.59. The monoisotopic (exact) mass is 456 g/mol. The zero-order chi connectivity index (χ0) is 16.2. The zero-order valence-electron chi connectivity index (χ0n) is 11.8. The van der Waals surface area contributed by atoms with Gasteiger partial charge in [-0.25, -0.2) is 0 Å². The molecule has 1 heterocycles. The van der Waals surface area contributed by atoms with E-state index in [4.69, 9.17) is 27.6 Å². The van der Waals surface area contributed by atoms with Crippen LogP contribution in [0.3, 0.4) is 0 Å². The smallest absolute Gasteiger partial charge is 0.147 e. The maximum atomic E-state index is 5.95. The first kappa shape index (κ1) is 16.4. The van der Waals surface area contributed by atoms with Gasteiger partial charge in [0.1, 0.15) is 11.5 Å². The van der Waals surface area contributed by atoms with E-state index in [2.05, 4.69) is 33.1 Å². The van der Waals surface area contributed by atoms with Crippen LogP contribution in [0.5, 0.6) is 0 Å². The number of nitrogens with one attached hydrogen (secondary N) is 1. The van der Waals surface area contributed by atoms with Crippen LogP contribution in [0, 0.1) is 3.57 Å². The summed E-state index contributed by atoms with van der Waals surface area (Å²) in [6.07, 6.45) is 1.61. The predicted octanol–water partition coefficient (Wildman–Crippen LogP) is 6.30. The second kappa shape index (κ2) is 7.38. The first-order valence-corrected chi connectivity index (χ1v) is 8.55. The van der Waals surface area contributed by atoms with Gasteiger partial charge in [0.2, 0.25) is 0 Å². The highest BCUT2D eigenvalue weighted by atomic mass is 127. The Morgan fingerprint density at radius 3 is 2.48 bits per heavy atom. The maximum absolute atomic E-state index is 5.95. The Kier molecular flexibility index (Phi) is 5.25. The number of halogens is 3. The summed E-state index contributed by atoms with van der Waals surface area (Å²) in [5.74, 6) is 1.46. The van der Waals surface area contributed by atoms with E-state index in [0.717, 1.165) is 17.0 Å². The molecular formula is C17H11Cl2IN2O. The molecular weight excluding hydrogens is 446 g/mol. The van der Waals surface area contributed by atoms with Gasteiger partial charge < -0.3 is 4.42 Å². The molecule has 0 bridgehead atoms. The van der Waals surface area contributed by atoms with Crippen molar-refractivity contribution < 1.29 is 4.42 Å². The average molecular weight is 457 g/mol. The van der Waals surface area contributed by atoms with Crippen molar-refractivity contribution in [2.24, 2.45) is 5.10 Å². The number of hydrogen-bond acceptors (Lipinski definition) is 3. The Hall–Kier alpha value is -1.50. The van der Waals surface area contributed by atoms with E-state index >= 15 is 0 Å². The Morgan fingerprint density at radius 2 is 1.74 bits per heavy atom. The van der Waals surface area contributed by atoms with Crippen LogP contribution < -0.4 is 5.43 Å². The highest BCUT2D eigenvalue weighted by Crippen LogP contribution is 2.25. The van der Waals surface area contributed by atoms with Crippen LogP contribution >= 0.6 is 45.8 Å². The largest absolute Gasteiger partial charge is 0.455 e. The molecule has 0 saturated heterocycles. The minimum atomic E-state index is 0.478. The lowest BCUT2D eigenvalue weighted by Crippen LogP contribution is -1.89. The molecule has 0 aliphatic carbocycles. The molecule has 0 aliphatic rings. The lowest BCUT2D eigenvalue weighted by atomic mass is 10.2. The molecule has 0 spiro atoms. The quantitative estimate of drug-likeness (QED) is 0.284. The minimum absolute atomic E-state index is 0.478. The van der Waals surface area contributed by atoms with Gasteiger partial charge in [-0.05, 0) is 65.1 Å². The molecule has 2 aromatic carbocycles. The molecule has 116 valence electrons. The van der Waals surface area contributed by atoms with Crippen molar-refractivity contribution in [1.29, 1.82) is 0 Å². The zero-order valence-corrected chi connectivity index (χ0v) is 15.4. The van der Waals surface area contributed by atoms with Crippen molar-refractivity contribution in [3.8, 4) is 11.3 Å². The third-order valence-electron chi connectivity index (χ3n) is 3.06. The summed E-state index contributed by atoms with van der Waals surface area (Å²) in [5, 5.41) is 5.12. The highest BCUT2D eigenvalue weighted by molar-refractivity contribution is 14.1. The molecule has 1 N–H and O–H groups in total. The van der Waals surface area contributed by atoms with Gasteiger partial charge in [-0.1, -0.05) is 35.3 Å². The van der Waals surface area contributed by atoms with Crippen LogP contribution in [0.4, 0.5) is 5.69 Å². The summed E-state index contributed by atoms with van der Waals surface area (Å²) >= 11 is 14.1. The van der Waals surface area contributed by atoms with Gasteiger partial charge in [0, 0.05) is 9.13 Å². The Morgan fingerprint density at radius 1 is 0.957 bits per heavy atom. The Balaban J connectivity index is 1.68. The van der Waals surface area contributed by atoms with Gasteiger partial charge in [0.05, 0.1) is 21.9 Å². The number of benzene rings is 2. The number of hydrazone groups is 1. The van der Waals surface area contributed by atoms with Crippen LogP contribution in [0.1, 0.15) is 5.76 Å². The normalized spacial score (nSPS) is 11.1. The van der Waals surface area contributed by atoms with Crippen molar-refractivity contribution >= 4 is 57.7 Å². The predicted molar refractivity (Wildman–Crippen MR) is 105 cm³/mol. The number of anilines is 1. The fourth-order valence-electron chi connectivity index (χ4n) is 1.93. The third kappa shape index (κ3) is 4.28. The maximum Gasteiger partial charge on any atom is 0.147 e. The molecule has 1 aromatic heterocycles. The summed E-state index contributed by atoms with van der Waals surface area (Å²) in [5.41, 5.74) is 4.66. The third-order valence-corrected chi connectivity index (χ3v) is 4.52. The summed E-state index contributed by atoms with van der Waals surface area (Å²) < 4.78 is 6.94. The molecule has 0 atom stereocenters. The van der Waals surface area contributed by atoms with Gasteiger partial charge in [0.25, 0.3) is 0 Å². The van der Waals surface area contributed by atoms with E-state index in [1.807, 2.05) is 36.4 Å². The second-order valence-corrected chi connectivity index (χ2v) is 6.77. The van der Waals surface area contributed by atoms with Crippen molar-refractivity contribution in [3.63, 3.8) is 0 Å². The Bertz CT molecular complexity index is 844. The standard InChI is InChI=1S/C17H11Cl2IN2O/c18-15-7-5-13(9-16(15)19)22-21-10-14-6-8-17(23-14)11-1-3-12(20)4-2-11/h1-10,22H. The molecule has 3 nitrogen and oxygen atoms in total. The van der Waals surface area contributed by atoms with E-state index in [0.29, 0.717) is 15.8 Å².